The molecule has 1 heterocycles. The first-order chi connectivity index (χ1) is 7.58. The summed E-state index contributed by atoms with van der Waals surface area (Å²) in [5.74, 6) is 0. The Balaban J connectivity index is 2.81. The third-order valence-electron chi connectivity index (χ3n) is 2.86. The molecule has 4 heteroatoms. The van der Waals surface area contributed by atoms with E-state index in [9.17, 15) is 0 Å². The van der Waals surface area contributed by atoms with Gasteiger partial charge in [-0.05, 0) is 32.0 Å². The van der Waals surface area contributed by atoms with E-state index in [0.29, 0.717) is 16.2 Å². The average molecular weight is 261 g/mol. The Morgan fingerprint density at radius 3 is 2.56 bits per heavy atom. The molecule has 0 aliphatic heterocycles. The van der Waals surface area contributed by atoms with E-state index in [2.05, 4.69) is 30.7 Å². The van der Waals surface area contributed by atoms with Crippen LogP contribution in [0.3, 0.4) is 0 Å². The van der Waals surface area contributed by atoms with Crippen LogP contribution in [0.15, 0.2) is 12.1 Å². The quantitative estimate of drug-likeness (QED) is 0.744. The van der Waals surface area contributed by atoms with Crippen molar-refractivity contribution in [2.45, 2.75) is 39.8 Å². The summed E-state index contributed by atoms with van der Waals surface area (Å²) in [5.41, 5.74) is 0.858. The Morgan fingerprint density at radius 1 is 1.31 bits per heavy atom. The maximum absolute atomic E-state index is 6.10. The topological polar surface area (TPSA) is 16.1 Å². The zero-order valence-electron chi connectivity index (χ0n) is 10.0. The fraction of sp³-hybridized carbons (Fsp3) is 0.583. The standard InChI is InChI=1S/C12H18Cl2N2/c1-4-9(3)16(5-2)8-11-10(13)6-7-12(14)15-11/h6-7,9H,4-5,8H2,1-3H3. The fourth-order valence-electron chi connectivity index (χ4n) is 1.60. The highest BCUT2D eigenvalue weighted by Crippen LogP contribution is 2.19. The Kier molecular flexibility index (Phi) is 5.53. The Bertz CT molecular complexity index is 342. The zero-order chi connectivity index (χ0) is 12.1. The summed E-state index contributed by atoms with van der Waals surface area (Å²) in [5, 5.41) is 1.19. The molecular weight excluding hydrogens is 243 g/mol. The molecule has 0 saturated heterocycles. The van der Waals surface area contributed by atoms with Crippen molar-refractivity contribution < 1.29 is 0 Å². The van der Waals surface area contributed by atoms with Crippen molar-refractivity contribution in [2.75, 3.05) is 6.54 Å². The van der Waals surface area contributed by atoms with E-state index < -0.39 is 0 Å². The minimum Gasteiger partial charge on any atom is -0.295 e. The Morgan fingerprint density at radius 2 is 2.00 bits per heavy atom. The number of rotatable bonds is 5. The molecule has 2 nitrogen and oxygen atoms in total. The summed E-state index contributed by atoms with van der Waals surface area (Å²) < 4.78 is 0. The number of hydrogen-bond acceptors (Lipinski definition) is 2. The van der Waals surface area contributed by atoms with E-state index >= 15 is 0 Å². The van der Waals surface area contributed by atoms with Crippen molar-refractivity contribution in [3.63, 3.8) is 0 Å². The van der Waals surface area contributed by atoms with Gasteiger partial charge in [0.1, 0.15) is 5.15 Å². The molecule has 1 unspecified atom stereocenters. The van der Waals surface area contributed by atoms with Crippen LogP contribution in [0.5, 0.6) is 0 Å². The molecule has 1 atom stereocenters. The van der Waals surface area contributed by atoms with Crippen molar-refractivity contribution in [2.24, 2.45) is 0 Å². The van der Waals surface area contributed by atoms with Gasteiger partial charge in [-0.25, -0.2) is 4.98 Å². The van der Waals surface area contributed by atoms with Crippen LogP contribution in [0.1, 0.15) is 32.9 Å². The van der Waals surface area contributed by atoms with Crippen LogP contribution in [-0.4, -0.2) is 22.5 Å². The highest BCUT2D eigenvalue weighted by Gasteiger charge is 2.13. The molecule has 0 saturated carbocycles. The molecule has 0 N–H and O–H groups in total. The highest BCUT2D eigenvalue weighted by atomic mass is 35.5. The van der Waals surface area contributed by atoms with Crippen LogP contribution in [0.2, 0.25) is 10.2 Å². The van der Waals surface area contributed by atoms with Gasteiger partial charge in [0, 0.05) is 12.6 Å². The molecule has 1 aromatic heterocycles. The summed E-state index contributed by atoms with van der Waals surface area (Å²) in [4.78, 5) is 6.61. The first kappa shape index (κ1) is 13.8. The average Bonchev–Trinajstić information content (AvgIpc) is 2.29. The van der Waals surface area contributed by atoms with Crippen LogP contribution >= 0.6 is 23.2 Å². The molecule has 0 aromatic carbocycles. The molecule has 0 fully saturated rings. The van der Waals surface area contributed by atoms with E-state index in [0.717, 1.165) is 25.2 Å². The van der Waals surface area contributed by atoms with Crippen molar-refractivity contribution in [1.82, 2.24) is 9.88 Å². The van der Waals surface area contributed by atoms with Gasteiger partial charge in [-0.1, -0.05) is 37.0 Å². The summed E-state index contributed by atoms with van der Waals surface area (Å²) in [7, 11) is 0. The largest absolute Gasteiger partial charge is 0.295 e. The van der Waals surface area contributed by atoms with Gasteiger partial charge in [0.25, 0.3) is 0 Å². The fourth-order valence-corrected chi connectivity index (χ4v) is 1.93. The van der Waals surface area contributed by atoms with Gasteiger partial charge in [0.05, 0.1) is 10.7 Å². The molecule has 0 aliphatic rings. The van der Waals surface area contributed by atoms with Gasteiger partial charge in [-0.3, -0.25) is 4.90 Å². The van der Waals surface area contributed by atoms with Crippen molar-refractivity contribution in [3.8, 4) is 0 Å². The Labute approximate surface area is 108 Å². The molecule has 0 radical (unpaired) electrons. The van der Waals surface area contributed by atoms with Gasteiger partial charge in [-0.2, -0.15) is 0 Å². The smallest absolute Gasteiger partial charge is 0.129 e. The second-order valence-electron chi connectivity index (χ2n) is 3.88. The van der Waals surface area contributed by atoms with E-state index in [1.54, 1.807) is 12.1 Å². The molecular formula is C12H18Cl2N2. The maximum atomic E-state index is 6.10. The van der Waals surface area contributed by atoms with Crippen LogP contribution in [0.4, 0.5) is 0 Å². The first-order valence-corrected chi connectivity index (χ1v) is 6.39. The minimum atomic E-state index is 0.500. The summed E-state index contributed by atoms with van der Waals surface area (Å²) in [6.07, 6.45) is 1.12. The normalized spacial score (nSPS) is 13.1. The van der Waals surface area contributed by atoms with Crippen LogP contribution in [0, 0.1) is 0 Å². The number of hydrogen-bond donors (Lipinski definition) is 0. The first-order valence-electron chi connectivity index (χ1n) is 5.63. The van der Waals surface area contributed by atoms with Crippen molar-refractivity contribution in [1.29, 1.82) is 0 Å². The van der Waals surface area contributed by atoms with Gasteiger partial charge in [-0.15, -0.1) is 0 Å². The molecule has 0 bridgehead atoms. The maximum Gasteiger partial charge on any atom is 0.129 e. The summed E-state index contributed by atoms with van der Waals surface area (Å²) >= 11 is 12.0. The lowest BCUT2D eigenvalue weighted by molar-refractivity contribution is 0.204. The molecule has 0 aliphatic carbocycles. The van der Waals surface area contributed by atoms with E-state index in [4.69, 9.17) is 23.2 Å². The zero-order valence-corrected chi connectivity index (χ0v) is 11.5. The lowest BCUT2D eigenvalue weighted by atomic mass is 10.2. The predicted octanol–water partition coefficient (Wildman–Crippen LogP) is 4.01. The summed E-state index contributed by atoms with van der Waals surface area (Å²) in [6.45, 7) is 8.28. The van der Waals surface area contributed by atoms with Crippen molar-refractivity contribution in [3.05, 3.63) is 28.0 Å². The molecule has 1 rings (SSSR count). The lowest BCUT2D eigenvalue weighted by Gasteiger charge is -2.26. The van der Waals surface area contributed by atoms with Gasteiger partial charge in [0.2, 0.25) is 0 Å². The molecule has 90 valence electrons. The molecule has 0 amide bonds. The number of halogens is 2. The molecule has 0 spiro atoms. The lowest BCUT2D eigenvalue weighted by Crippen LogP contribution is -2.32. The van der Waals surface area contributed by atoms with E-state index in [1.165, 1.54) is 0 Å². The van der Waals surface area contributed by atoms with Crippen molar-refractivity contribution >= 4 is 23.2 Å². The Hall–Kier alpha value is -0.310. The summed E-state index contributed by atoms with van der Waals surface area (Å²) in [6, 6.07) is 4.05. The minimum absolute atomic E-state index is 0.500. The SMILES string of the molecule is CCC(C)N(CC)Cc1nc(Cl)ccc1Cl. The second kappa shape index (κ2) is 6.43. The molecule has 16 heavy (non-hydrogen) atoms. The second-order valence-corrected chi connectivity index (χ2v) is 4.68. The monoisotopic (exact) mass is 260 g/mol. The number of aromatic nitrogens is 1. The van der Waals surface area contributed by atoms with E-state index in [-0.39, 0.29) is 0 Å². The van der Waals surface area contributed by atoms with Gasteiger partial charge in [0.15, 0.2) is 0 Å². The molecule has 1 aromatic rings. The third-order valence-corrected chi connectivity index (χ3v) is 3.41. The van der Waals surface area contributed by atoms with Crippen LogP contribution in [0.25, 0.3) is 0 Å². The number of nitrogens with zero attached hydrogens (tertiary/aromatic N) is 2. The van der Waals surface area contributed by atoms with Gasteiger partial charge >= 0.3 is 0 Å². The predicted molar refractivity (Wildman–Crippen MR) is 70.1 cm³/mol. The number of pyridine rings is 1. The van der Waals surface area contributed by atoms with Gasteiger partial charge < -0.3 is 0 Å². The highest BCUT2D eigenvalue weighted by molar-refractivity contribution is 6.32. The third kappa shape index (κ3) is 3.62. The van der Waals surface area contributed by atoms with E-state index in [1.807, 2.05) is 0 Å². The van der Waals surface area contributed by atoms with Crippen LogP contribution < -0.4 is 0 Å². The van der Waals surface area contributed by atoms with Crippen LogP contribution in [-0.2, 0) is 6.54 Å².